The predicted molar refractivity (Wildman–Crippen MR) is 64.1 cm³/mol. The zero-order valence-corrected chi connectivity index (χ0v) is 10.3. The highest BCUT2D eigenvalue weighted by molar-refractivity contribution is 6.21. The van der Waals surface area contributed by atoms with Crippen LogP contribution in [0, 0.1) is 0 Å². The number of halogens is 1. The minimum absolute atomic E-state index is 0.160. The molecule has 4 heteroatoms. The van der Waals surface area contributed by atoms with Crippen LogP contribution >= 0.6 is 11.6 Å². The van der Waals surface area contributed by atoms with Gasteiger partial charge in [-0.25, -0.2) is 4.98 Å². The lowest BCUT2D eigenvalue weighted by atomic mass is 9.96. The van der Waals surface area contributed by atoms with E-state index in [1.165, 1.54) is 19.3 Å². The van der Waals surface area contributed by atoms with E-state index in [1.807, 2.05) is 0 Å². The third-order valence-electron chi connectivity index (χ3n) is 3.17. The highest BCUT2D eigenvalue weighted by Gasteiger charge is 2.27. The van der Waals surface area contributed by atoms with E-state index in [2.05, 4.69) is 9.97 Å². The summed E-state index contributed by atoms with van der Waals surface area (Å²) in [4.78, 5) is 8.59. The van der Waals surface area contributed by atoms with Gasteiger partial charge in [0.15, 0.2) is 0 Å². The van der Waals surface area contributed by atoms with Crippen LogP contribution < -0.4 is 4.74 Å². The van der Waals surface area contributed by atoms with Crippen LogP contribution in [0.15, 0.2) is 12.4 Å². The first-order valence-corrected chi connectivity index (χ1v) is 6.25. The van der Waals surface area contributed by atoms with Gasteiger partial charge in [-0.3, -0.25) is 4.98 Å². The van der Waals surface area contributed by atoms with Crippen molar-refractivity contribution in [2.24, 2.45) is 0 Å². The Kier molecular flexibility index (Phi) is 3.99. The van der Waals surface area contributed by atoms with E-state index in [9.17, 15) is 0 Å². The van der Waals surface area contributed by atoms with Crippen LogP contribution in [0.2, 0.25) is 0 Å². The summed E-state index contributed by atoms with van der Waals surface area (Å²) < 4.78 is 5.26. The van der Waals surface area contributed by atoms with Crippen LogP contribution in [0.5, 0.6) is 5.88 Å². The van der Waals surface area contributed by atoms with Gasteiger partial charge < -0.3 is 4.74 Å². The van der Waals surface area contributed by atoms with Gasteiger partial charge in [0.05, 0.1) is 7.11 Å². The Bertz CT molecular complexity index is 346. The zero-order valence-electron chi connectivity index (χ0n) is 9.53. The second-order valence-electron chi connectivity index (χ2n) is 4.21. The van der Waals surface area contributed by atoms with E-state index in [1.54, 1.807) is 19.5 Å². The van der Waals surface area contributed by atoms with E-state index in [-0.39, 0.29) is 11.3 Å². The Morgan fingerprint density at radius 1 is 1.19 bits per heavy atom. The lowest BCUT2D eigenvalue weighted by molar-refractivity contribution is 0.381. The molecule has 1 saturated carbocycles. The van der Waals surface area contributed by atoms with Crippen LogP contribution in [-0.2, 0) is 0 Å². The molecule has 1 aromatic heterocycles. The van der Waals surface area contributed by atoms with Crippen molar-refractivity contribution in [1.29, 1.82) is 0 Å². The molecular formula is C12H17ClN2O. The number of rotatable bonds is 2. The predicted octanol–water partition coefficient (Wildman–Crippen LogP) is 3.14. The molecule has 0 spiro atoms. The molecule has 2 rings (SSSR count). The fourth-order valence-corrected chi connectivity index (χ4v) is 2.72. The molecule has 2 unspecified atom stereocenters. The van der Waals surface area contributed by atoms with Gasteiger partial charge in [-0.1, -0.05) is 19.3 Å². The molecule has 0 aromatic carbocycles. The average Bonchev–Trinajstić information content (AvgIpc) is 2.54. The quantitative estimate of drug-likeness (QED) is 0.589. The summed E-state index contributed by atoms with van der Waals surface area (Å²) in [6.45, 7) is 0. The van der Waals surface area contributed by atoms with Gasteiger partial charge in [0.1, 0.15) is 5.69 Å². The van der Waals surface area contributed by atoms with Gasteiger partial charge in [-0.15, -0.1) is 11.6 Å². The molecule has 0 radical (unpaired) electrons. The number of methoxy groups -OCH3 is 1. The van der Waals surface area contributed by atoms with Crippen LogP contribution in [0.3, 0.4) is 0 Å². The minimum Gasteiger partial charge on any atom is -0.480 e. The summed E-state index contributed by atoms with van der Waals surface area (Å²) in [5.74, 6) is 0.910. The third-order valence-corrected chi connectivity index (χ3v) is 3.69. The van der Waals surface area contributed by atoms with Gasteiger partial charge in [-0.05, 0) is 12.8 Å². The molecule has 0 bridgehead atoms. The zero-order chi connectivity index (χ0) is 11.4. The Balaban J connectivity index is 2.26. The first-order valence-electron chi connectivity index (χ1n) is 5.82. The van der Waals surface area contributed by atoms with Gasteiger partial charge in [0.2, 0.25) is 5.88 Å². The first kappa shape index (κ1) is 11.6. The summed E-state index contributed by atoms with van der Waals surface area (Å²) >= 11 is 6.43. The first-order chi connectivity index (χ1) is 7.83. The molecule has 16 heavy (non-hydrogen) atoms. The van der Waals surface area contributed by atoms with Crippen molar-refractivity contribution in [3.63, 3.8) is 0 Å². The highest BCUT2D eigenvalue weighted by Crippen LogP contribution is 2.37. The van der Waals surface area contributed by atoms with Gasteiger partial charge >= 0.3 is 0 Å². The van der Waals surface area contributed by atoms with Crippen molar-refractivity contribution >= 4 is 11.6 Å². The molecule has 1 heterocycles. The largest absolute Gasteiger partial charge is 0.480 e. The van der Waals surface area contributed by atoms with E-state index in [0.717, 1.165) is 18.5 Å². The molecule has 0 aliphatic heterocycles. The number of alkyl halides is 1. The van der Waals surface area contributed by atoms with Gasteiger partial charge in [0, 0.05) is 23.7 Å². The molecule has 2 atom stereocenters. The number of aromatic nitrogens is 2. The Hall–Kier alpha value is -0.830. The van der Waals surface area contributed by atoms with Gasteiger partial charge in [0.25, 0.3) is 0 Å². The Morgan fingerprint density at radius 2 is 1.94 bits per heavy atom. The summed E-state index contributed by atoms with van der Waals surface area (Å²) in [6, 6.07) is 0. The van der Waals surface area contributed by atoms with Crippen molar-refractivity contribution in [3.8, 4) is 5.88 Å². The van der Waals surface area contributed by atoms with Gasteiger partial charge in [-0.2, -0.15) is 0 Å². The molecule has 88 valence electrons. The highest BCUT2D eigenvalue weighted by atomic mass is 35.5. The second-order valence-corrected chi connectivity index (χ2v) is 4.77. The molecule has 0 saturated heterocycles. The molecule has 0 amide bonds. The summed E-state index contributed by atoms with van der Waals surface area (Å²) in [6.07, 6.45) is 9.22. The van der Waals surface area contributed by atoms with Crippen molar-refractivity contribution in [2.45, 2.75) is 43.4 Å². The van der Waals surface area contributed by atoms with Crippen LogP contribution in [0.4, 0.5) is 0 Å². The molecule has 1 aliphatic rings. The standard InChI is InChI=1S/C12H17ClN2O/c1-16-12-11(14-7-8-15-12)9-5-3-2-4-6-10(9)13/h7-10H,2-6H2,1H3. The topological polar surface area (TPSA) is 35.0 Å². The lowest BCUT2D eigenvalue weighted by Gasteiger charge is -2.20. The fraction of sp³-hybridized carbons (Fsp3) is 0.667. The van der Waals surface area contributed by atoms with E-state index < -0.39 is 0 Å². The molecule has 0 N–H and O–H groups in total. The summed E-state index contributed by atoms with van der Waals surface area (Å²) in [7, 11) is 1.63. The smallest absolute Gasteiger partial charge is 0.235 e. The molecular weight excluding hydrogens is 224 g/mol. The van der Waals surface area contributed by atoms with Crippen molar-refractivity contribution in [1.82, 2.24) is 9.97 Å². The van der Waals surface area contributed by atoms with E-state index >= 15 is 0 Å². The normalized spacial score (nSPS) is 26.1. The van der Waals surface area contributed by atoms with Crippen molar-refractivity contribution in [2.75, 3.05) is 7.11 Å². The molecule has 1 aliphatic carbocycles. The Labute approximate surface area is 101 Å². The maximum absolute atomic E-state index is 6.43. The van der Waals surface area contributed by atoms with Crippen molar-refractivity contribution in [3.05, 3.63) is 18.1 Å². The maximum atomic E-state index is 6.43. The third kappa shape index (κ3) is 2.46. The summed E-state index contributed by atoms with van der Waals surface area (Å²) in [5.41, 5.74) is 0.923. The number of hydrogen-bond donors (Lipinski definition) is 0. The maximum Gasteiger partial charge on any atom is 0.235 e. The number of hydrogen-bond acceptors (Lipinski definition) is 3. The Morgan fingerprint density at radius 3 is 2.75 bits per heavy atom. The number of nitrogens with zero attached hydrogens (tertiary/aromatic N) is 2. The van der Waals surface area contributed by atoms with Crippen LogP contribution in [0.1, 0.15) is 43.7 Å². The average molecular weight is 241 g/mol. The van der Waals surface area contributed by atoms with E-state index in [4.69, 9.17) is 16.3 Å². The molecule has 1 fully saturated rings. The van der Waals surface area contributed by atoms with Crippen LogP contribution in [-0.4, -0.2) is 22.5 Å². The SMILES string of the molecule is COc1nccnc1C1CCCCCC1Cl. The fourth-order valence-electron chi connectivity index (χ4n) is 2.32. The second kappa shape index (κ2) is 5.48. The van der Waals surface area contributed by atoms with E-state index in [0.29, 0.717) is 5.88 Å². The summed E-state index contributed by atoms with van der Waals surface area (Å²) in [5, 5.41) is 0.160. The van der Waals surface area contributed by atoms with Crippen molar-refractivity contribution < 1.29 is 4.74 Å². The van der Waals surface area contributed by atoms with Crippen LogP contribution in [0.25, 0.3) is 0 Å². The number of ether oxygens (including phenoxy) is 1. The molecule has 3 nitrogen and oxygen atoms in total. The minimum atomic E-state index is 0.160. The monoisotopic (exact) mass is 240 g/mol. The molecule has 1 aromatic rings. The lowest BCUT2D eigenvalue weighted by Crippen LogP contribution is -2.14.